The van der Waals surface area contributed by atoms with Crippen LogP contribution in [0.15, 0.2) is 24.3 Å². The van der Waals surface area contributed by atoms with Crippen molar-refractivity contribution >= 4 is 21.7 Å². The summed E-state index contributed by atoms with van der Waals surface area (Å²) in [5.41, 5.74) is 0.867. The second-order valence-corrected chi connectivity index (χ2v) is 8.89. The molecule has 0 fully saturated rings. The minimum Gasteiger partial charge on any atom is -0.449 e. The number of ether oxygens (including phenoxy) is 1. The Balaban J connectivity index is 2.79. The van der Waals surface area contributed by atoms with E-state index in [2.05, 4.69) is 0 Å². The zero-order valence-electron chi connectivity index (χ0n) is 15.6. The molecule has 1 amide bonds. The van der Waals surface area contributed by atoms with Crippen molar-refractivity contribution in [3.05, 3.63) is 35.4 Å². The molecule has 0 aliphatic carbocycles. The molecule has 0 aromatic heterocycles. The van der Waals surface area contributed by atoms with Crippen LogP contribution in [0.4, 0.5) is 0 Å². The normalized spacial score (nSPS) is 13.0. The topological polar surface area (TPSA) is 80.8 Å². The van der Waals surface area contributed by atoms with E-state index < -0.39 is 21.9 Å². The lowest BCUT2D eigenvalue weighted by atomic mass is 10.1. The van der Waals surface area contributed by atoms with Crippen molar-refractivity contribution in [3.8, 4) is 0 Å². The number of hydrogen-bond donors (Lipinski definition) is 0. The third kappa shape index (κ3) is 6.49. The lowest BCUT2D eigenvalue weighted by Crippen LogP contribution is -2.47. The molecule has 1 atom stereocenters. The average Bonchev–Trinajstić information content (AvgIpc) is 2.45. The molecule has 0 unspecified atom stereocenters. The van der Waals surface area contributed by atoms with Crippen LogP contribution in [0.5, 0.6) is 0 Å². The number of esters is 1. The van der Waals surface area contributed by atoms with Crippen molar-refractivity contribution in [2.45, 2.75) is 58.6 Å². The van der Waals surface area contributed by atoms with Crippen molar-refractivity contribution in [2.24, 2.45) is 0 Å². The van der Waals surface area contributed by atoms with E-state index in [0.717, 1.165) is 6.26 Å². The fourth-order valence-corrected chi connectivity index (χ4v) is 3.43. The maximum absolute atomic E-state index is 12.5. The number of rotatable bonds is 7. The number of hydrogen-bond acceptors (Lipinski definition) is 5. The number of benzene rings is 1. The molecule has 25 heavy (non-hydrogen) atoms. The highest BCUT2D eigenvalue weighted by atomic mass is 32.2. The summed E-state index contributed by atoms with van der Waals surface area (Å²) >= 11 is 0. The van der Waals surface area contributed by atoms with Crippen LogP contribution in [-0.2, 0) is 25.1 Å². The van der Waals surface area contributed by atoms with Gasteiger partial charge in [-0.3, -0.25) is 4.79 Å². The quantitative estimate of drug-likeness (QED) is 0.690. The van der Waals surface area contributed by atoms with Gasteiger partial charge in [-0.1, -0.05) is 12.1 Å². The fraction of sp³-hybridized carbons (Fsp3) is 0.556. The molecule has 0 aliphatic heterocycles. The SMILES string of the molecule is CC(C)N(C(=O)[C@H](C)OC(=O)c1ccc(CS(C)(=O)=O)cc1)C(C)C. The van der Waals surface area contributed by atoms with E-state index in [4.69, 9.17) is 4.74 Å². The molecular weight excluding hydrogens is 342 g/mol. The third-order valence-electron chi connectivity index (χ3n) is 3.62. The Morgan fingerprint density at radius 3 is 1.88 bits per heavy atom. The van der Waals surface area contributed by atoms with E-state index in [1.54, 1.807) is 24.0 Å². The zero-order chi connectivity index (χ0) is 19.4. The summed E-state index contributed by atoms with van der Waals surface area (Å²) in [6, 6.07) is 6.15. The molecule has 1 aromatic rings. The predicted octanol–water partition coefficient (Wildman–Crippen LogP) is 2.42. The van der Waals surface area contributed by atoms with Crippen molar-refractivity contribution in [2.75, 3.05) is 6.26 Å². The van der Waals surface area contributed by atoms with E-state index in [9.17, 15) is 18.0 Å². The van der Waals surface area contributed by atoms with E-state index in [1.807, 2.05) is 27.7 Å². The molecule has 0 aliphatic rings. The maximum atomic E-state index is 12.5. The third-order valence-corrected chi connectivity index (χ3v) is 4.47. The first-order valence-electron chi connectivity index (χ1n) is 8.22. The van der Waals surface area contributed by atoms with E-state index in [1.165, 1.54) is 12.1 Å². The van der Waals surface area contributed by atoms with Gasteiger partial charge in [0.25, 0.3) is 5.91 Å². The lowest BCUT2D eigenvalue weighted by Gasteiger charge is -2.32. The van der Waals surface area contributed by atoms with Gasteiger partial charge in [-0.05, 0) is 52.3 Å². The molecule has 0 bridgehead atoms. The average molecular weight is 369 g/mol. The van der Waals surface area contributed by atoms with Crippen molar-refractivity contribution in [1.29, 1.82) is 0 Å². The Hall–Kier alpha value is -1.89. The highest BCUT2D eigenvalue weighted by Crippen LogP contribution is 2.13. The van der Waals surface area contributed by atoms with E-state index in [-0.39, 0.29) is 29.3 Å². The van der Waals surface area contributed by atoms with Crippen LogP contribution < -0.4 is 0 Å². The van der Waals surface area contributed by atoms with Crippen molar-refractivity contribution in [3.63, 3.8) is 0 Å². The summed E-state index contributed by atoms with van der Waals surface area (Å²) in [4.78, 5) is 26.4. The van der Waals surface area contributed by atoms with Crippen molar-refractivity contribution < 1.29 is 22.7 Å². The molecule has 0 radical (unpaired) electrons. The number of carbonyl (C=O) groups is 2. The number of carbonyl (C=O) groups excluding carboxylic acids is 2. The van der Waals surface area contributed by atoms with Crippen LogP contribution in [0.25, 0.3) is 0 Å². The molecule has 0 saturated carbocycles. The highest BCUT2D eigenvalue weighted by molar-refractivity contribution is 7.89. The van der Waals surface area contributed by atoms with Gasteiger partial charge < -0.3 is 9.64 Å². The molecular formula is C18H27NO5S. The van der Waals surface area contributed by atoms with Gasteiger partial charge in [0, 0.05) is 18.3 Å². The minimum absolute atomic E-state index is 0.00364. The fourth-order valence-electron chi connectivity index (χ4n) is 2.63. The predicted molar refractivity (Wildman–Crippen MR) is 97.0 cm³/mol. The molecule has 0 spiro atoms. The summed E-state index contributed by atoms with van der Waals surface area (Å²) in [7, 11) is -3.13. The molecule has 0 N–H and O–H groups in total. The minimum atomic E-state index is -3.13. The van der Waals surface area contributed by atoms with Gasteiger partial charge in [0.2, 0.25) is 0 Å². The lowest BCUT2D eigenvalue weighted by molar-refractivity contribution is -0.143. The van der Waals surface area contributed by atoms with Crippen LogP contribution in [0, 0.1) is 0 Å². The Morgan fingerprint density at radius 2 is 1.48 bits per heavy atom. The Kier molecular flexibility index (Phi) is 7.17. The standard InChI is InChI=1S/C18H27NO5S/c1-12(2)19(13(3)4)17(20)14(5)24-18(21)16-9-7-15(8-10-16)11-25(6,22)23/h7-10,12-14H,11H2,1-6H3/t14-/m0/s1. The van der Waals surface area contributed by atoms with Crippen molar-refractivity contribution in [1.82, 2.24) is 4.90 Å². The molecule has 0 saturated heterocycles. The maximum Gasteiger partial charge on any atom is 0.338 e. The van der Waals surface area contributed by atoms with Crippen LogP contribution in [-0.4, -0.2) is 49.6 Å². The van der Waals surface area contributed by atoms with Gasteiger partial charge in [-0.2, -0.15) is 0 Å². The first-order chi connectivity index (χ1) is 11.4. The van der Waals surface area contributed by atoms with Gasteiger partial charge in [0.05, 0.1) is 11.3 Å². The Labute approximate surface area is 150 Å². The summed E-state index contributed by atoms with van der Waals surface area (Å²) < 4.78 is 27.8. The van der Waals surface area contributed by atoms with E-state index in [0.29, 0.717) is 5.56 Å². The second-order valence-electron chi connectivity index (χ2n) is 6.75. The number of sulfone groups is 1. The second kappa shape index (κ2) is 8.47. The van der Waals surface area contributed by atoms with Gasteiger partial charge in [-0.25, -0.2) is 13.2 Å². The number of amides is 1. The first kappa shape index (κ1) is 21.2. The summed E-state index contributed by atoms with van der Waals surface area (Å²) in [6.45, 7) is 9.19. The van der Waals surface area contributed by atoms with Gasteiger partial charge in [0.15, 0.2) is 15.9 Å². The largest absolute Gasteiger partial charge is 0.449 e. The molecule has 140 valence electrons. The zero-order valence-corrected chi connectivity index (χ0v) is 16.5. The molecule has 1 rings (SSSR count). The molecule has 6 nitrogen and oxygen atoms in total. The monoisotopic (exact) mass is 369 g/mol. The van der Waals surface area contributed by atoms with Crippen LogP contribution in [0.1, 0.15) is 50.5 Å². The highest BCUT2D eigenvalue weighted by Gasteiger charge is 2.27. The smallest absolute Gasteiger partial charge is 0.338 e. The molecule has 7 heteroatoms. The van der Waals surface area contributed by atoms with Crippen LogP contribution in [0.2, 0.25) is 0 Å². The Bertz CT molecular complexity index is 699. The summed E-state index contributed by atoms with van der Waals surface area (Å²) in [6.07, 6.45) is 0.255. The van der Waals surface area contributed by atoms with Gasteiger partial charge in [0.1, 0.15) is 0 Å². The first-order valence-corrected chi connectivity index (χ1v) is 10.3. The van der Waals surface area contributed by atoms with Gasteiger partial charge in [-0.15, -0.1) is 0 Å². The number of nitrogens with zero attached hydrogens (tertiary/aromatic N) is 1. The Morgan fingerprint density at radius 1 is 1.00 bits per heavy atom. The van der Waals surface area contributed by atoms with Crippen LogP contribution >= 0.6 is 0 Å². The van der Waals surface area contributed by atoms with Crippen LogP contribution in [0.3, 0.4) is 0 Å². The summed E-state index contributed by atoms with van der Waals surface area (Å²) in [5.74, 6) is -0.944. The van der Waals surface area contributed by atoms with E-state index >= 15 is 0 Å². The molecule has 0 heterocycles. The summed E-state index contributed by atoms with van der Waals surface area (Å²) in [5, 5.41) is 0. The molecule has 1 aromatic carbocycles. The van der Waals surface area contributed by atoms with Gasteiger partial charge >= 0.3 is 5.97 Å².